The van der Waals surface area contributed by atoms with Crippen molar-refractivity contribution < 1.29 is 9.18 Å². The molecule has 0 atom stereocenters. The number of hydrogen-bond acceptors (Lipinski definition) is 2. The molecule has 2 aromatic rings. The Morgan fingerprint density at radius 3 is 2.50 bits per heavy atom. The number of amides is 1. The normalized spacial score (nSPS) is 10.7. The second-order valence-electron chi connectivity index (χ2n) is 4.91. The van der Waals surface area contributed by atoms with E-state index in [1.54, 1.807) is 23.2 Å². The second-order valence-corrected chi connectivity index (χ2v) is 4.91. The van der Waals surface area contributed by atoms with Crippen molar-refractivity contribution in [1.82, 2.24) is 5.43 Å². The van der Waals surface area contributed by atoms with Crippen molar-refractivity contribution in [3.63, 3.8) is 0 Å². The van der Waals surface area contributed by atoms with Crippen LogP contribution in [0.25, 0.3) is 6.08 Å². The van der Waals surface area contributed by atoms with Crippen LogP contribution in [0.1, 0.15) is 18.1 Å². The van der Waals surface area contributed by atoms with Gasteiger partial charge in [0.2, 0.25) is 0 Å². The molecule has 114 valence electrons. The van der Waals surface area contributed by atoms with Crippen LogP contribution in [0.4, 0.5) is 10.1 Å². The van der Waals surface area contributed by atoms with E-state index in [0.717, 1.165) is 11.3 Å². The number of carbonyl (C=O) groups is 1. The number of nitrogens with one attached hydrogen (secondary N) is 1. The number of anilines is 1. The van der Waals surface area contributed by atoms with Crippen molar-refractivity contribution in [2.45, 2.75) is 13.8 Å². The lowest BCUT2D eigenvalue weighted by molar-refractivity contribution is -0.116. The highest BCUT2D eigenvalue weighted by molar-refractivity contribution is 5.92. The maximum absolute atomic E-state index is 13.5. The molecular formula is C18H19FN2O. The average molecular weight is 298 g/mol. The lowest BCUT2D eigenvalue weighted by Gasteiger charge is -2.23. The van der Waals surface area contributed by atoms with Gasteiger partial charge in [0.05, 0.1) is 5.69 Å². The number of benzene rings is 2. The number of carbonyl (C=O) groups excluding carboxylic acids is 1. The zero-order chi connectivity index (χ0) is 15.9. The molecule has 0 fully saturated rings. The van der Waals surface area contributed by atoms with E-state index < -0.39 is 0 Å². The van der Waals surface area contributed by atoms with Crippen LogP contribution in [0.2, 0.25) is 0 Å². The molecule has 0 aromatic heterocycles. The first kappa shape index (κ1) is 15.8. The number of hydrogen-bond donors (Lipinski definition) is 1. The molecule has 22 heavy (non-hydrogen) atoms. The molecule has 0 bridgehead atoms. The first-order valence-electron chi connectivity index (χ1n) is 7.17. The minimum atomic E-state index is -0.350. The first-order chi connectivity index (χ1) is 10.6. The van der Waals surface area contributed by atoms with Gasteiger partial charge < -0.3 is 0 Å². The Morgan fingerprint density at radius 1 is 1.18 bits per heavy atom. The molecule has 0 spiro atoms. The molecule has 0 aliphatic rings. The highest BCUT2D eigenvalue weighted by Gasteiger charge is 2.06. The Hall–Kier alpha value is -2.62. The summed E-state index contributed by atoms with van der Waals surface area (Å²) in [6.07, 6.45) is 2.79. The van der Waals surface area contributed by atoms with Crippen LogP contribution < -0.4 is 10.4 Å². The molecule has 0 saturated carbocycles. The van der Waals surface area contributed by atoms with Gasteiger partial charge in [-0.15, -0.1) is 0 Å². The van der Waals surface area contributed by atoms with Crippen molar-refractivity contribution in [2.75, 3.05) is 11.6 Å². The average Bonchev–Trinajstić information content (AvgIpc) is 2.53. The molecule has 0 aliphatic carbocycles. The summed E-state index contributed by atoms with van der Waals surface area (Å²) in [7, 11) is 0. The van der Waals surface area contributed by atoms with E-state index in [1.165, 1.54) is 18.2 Å². The van der Waals surface area contributed by atoms with Crippen LogP contribution in [0, 0.1) is 12.7 Å². The Kier molecular flexibility index (Phi) is 5.31. The number of halogens is 1. The van der Waals surface area contributed by atoms with E-state index in [4.69, 9.17) is 0 Å². The molecule has 1 amide bonds. The van der Waals surface area contributed by atoms with Gasteiger partial charge in [-0.1, -0.05) is 35.9 Å². The van der Waals surface area contributed by atoms with Crippen LogP contribution in [0.5, 0.6) is 0 Å². The van der Waals surface area contributed by atoms with Gasteiger partial charge in [-0.2, -0.15) is 0 Å². The molecule has 2 rings (SSSR count). The topological polar surface area (TPSA) is 32.3 Å². The Bertz CT molecular complexity index is 665. The molecule has 0 heterocycles. The molecule has 0 radical (unpaired) electrons. The zero-order valence-corrected chi connectivity index (χ0v) is 12.7. The number of rotatable bonds is 5. The van der Waals surface area contributed by atoms with E-state index >= 15 is 0 Å². The van der Waals surface area contributed by atoms with Gasteiger partial charge in [-0.05, 0) is 38.1 Å². The predicted octanol–water partition coefficient (Wildman–Crippen LogP) is 3.71. The smallest absolute Gasteiger partial charge is 0.262 e. The third kappa shape index (κ3) is 4.19. The maximum atomic E-state index is 13.5. The van der Waals surface area contributed by atoms with Gasteiger partial charge in [0.1, 0.15) is 5.82 Å². The fourth-order valence-corrected chi connectivity index (χ4v) is 2.00. The van der Waals surface area contributed by atoms with Crippen LogP contribution in [0.3, 0.4) is 0 Å². The lowest BCUT2D eigenvalue weighted by Crippen LogP contribution is -2.41. The van der Waals surface area contributed by atoms with Gasteiger partial charge in [-0.3, -0.25) is 15.2 Å². The van der Waals surface area contributed by atoms with Crippen molar-refractivity contribution in [3.8, 4) is 0 Å². The van der Waals surface area contributed by atoms with Crippen LogP contribution >= 0.6 is 0 Å². The summed E-state index contributed by atoms with van der Waals surface area (Å²) in [6.45, 7) is 4.58. The highest BCUT2D eigenvalue weighted by Crippen LogP contribution is 2.13. The summed E-state index contributed by atoms with van der Waals surface area (Å²) >= 11 is 0. The molecule has 0 unspecified atom stereocenters. The Morgan fingerprint density at radius 2 is 1.86 bits per heavy atom. The van der Waals surface area contributed by atoms with E-state index in [2.05, 4.69) is 5.43 Å². The molecule has 2 aromatic carbocycles. The number of aryl methyl sites for hydroxylation is 1. The third-order valence-corrected chi connectivity index (χ3v) is 3.23. The molecule has 4 heteroatoms. The van der Waals surface area contributed by atoms with Crippen LogP contribution in [-0.2, 0) is 4.79 Å². The lowest BCUT2D eigenvalue weighted by atomic mass is 10.2. The summed E-state index contributed by atoms with van der Waals surface area (Å²) in [4.78, 5) is 12.0. The predicted molar refractivity (Wildman–Crippen MR) is 87.8 cm³/mol. The monoisotopic (exact) mass is 298 g/mol. The minimum absolute atomic E-state index is 0.300. The van der Waals surface area contributed by atoms with Gasteiger partial charge in [-0.25, -0.2) is 4.39 Å². The maximum Gasteiger partial charge on any atom is 0.262 e. The van der Waals surface area contributed by atoms with Crippen molar-refractivity contribution >= 4 is 17.7 Å². The Labute approximate surface area is 130 Å². The third-order valence-electron chi connectivity index (χ3n) is 3.23. The van der Waals surface area contributed by atoms with Crippen LogP contribution in [0.15, 0.2) is 54.6 Å². The van der Waals surface area contributed by atoms with Crippen molar-refractivity contribution in [1.29, 1.82) is 0 Å². The summed E-state index contributed by atoms with van der Waals surface area (Å²) < 4.78 is 13.5. The summed E-state index contributed by atoms with van der Waals surface area (Å²) in [5.41, 5.74) is 5.22. The first-order valence-corrected chi connectivity index (χ1v) is 7.17. The minimum Gasteiger partial charge on any atom is -0.286 e. The molecule has 0 aliphatic heterocycles. The number of hydrazine groups is 1. The van der Waals surface area contributed by atoms with E-state index in [9.17, 15) is 9.18 Å². The van der Waals surface area contributed by atoms with Crippen molar-refractivity contribution in [3.05, 3.63) is 71.6 Å². The van der Waals surface area contributed by atoms with Gasteiger partial charge in [0.25, 0.3) is 5.91 Å². The second kappa shape index (κ2) is 7.41. The fraction of sp³-hybridized carbons (Fsp3) is 0.167. The SMILES string of the molecule is CCN(NC(=O)/C=C/c1ccccc1F)c1ccc(C)cc1. The number of nitrogens with zero attached hydrogens (tertiary/aromatic N) is 1. The summed E-state index contributed by atoms with van der Waals surface area (Å²) in [5, 5.41) is 1.74. The largest absolute Gasteiger partial charge is 0.286 e. The fourth-order valence-electron chi connectivity index (χ4n) is 2.00. The molecular weight excluding hydrogens is 279 g/mol. The van der Waals surface area contributed by atoms with E-state index in [1.807, 2.05) is 38.1 Å². The summed E-state index contributed by atoms with van der Waals surface area (Å²) in [5.74, 6) is -0.650. The molecule has 1 N–H and O–H groups in total. The van der Waals surface area contributed by atoms with Crippen molar-refractivity contribution in [2.24, 2.45) is 0 Å². The van der Waals surface area contributed by atoms with Gasteiger partial charge >= 0.3 is 0 Å². The Balaban J connectivity index is 2.03. The molecule has 0 saturated heterocycles. The quantitative estimate of drug-likeness (QED) is 0.674. The van der Waals surface area contributed by atoms with E-state index in [-0.39, 0.29) is 11.7 Å². The van der Waals surface area contributed by atoms with Gasteiger partial charge in [0.15, 0.2) is 0 Å². The van der Waals surface area contributed by atoms with Crippen LogP contribution in [-0.4, -0.2) is 12.5 Å². The van der Waals surface area contributed by atoms with Gasteiger partial charge in [0, 0.05) is 18.2 Å². The zero-order valence-electron chi connectivity index (χ0n) is 12.7. The molecule has 3 nitrogen and oxygen atoms in total. The highest BCUT2D eigenvalue weighted by atomic mass is 19.1. The standard InChI is InChI=1S/C18H19FN2O/c1-3-21(16-11-8-14(2)9-12-16)20-18(22)13-10-15-6-4-5-7-17(15)19/h4-13H,3H2,1-2H3,(H,20,22)/b13-10+. The van der Waals surface area contributed by atoms with E-state index in [0.29, 0.717) is 12.1 Å². The summed E-state index contributed by atoms with van der Waals surface area (Å²) in [6, 6.07) is 14.2.